The van der Waals surface area contributed by atoms with Crippen molar-refractivity contribution in [1.82, 2.24) is 20.9 Å². The summed E-state index contributed by atoms with van der Waals surface area (Å²) in [6, 6.07) is 8.94. The van der Waals surface area contributed by atoms with Crippen LogP contribution in [0.15, 0.2) is 45.4 Å². The van der Waals surface area contributed by atoms with Crippen molar-refractivity contribution in [2.45, 2.75) is 6.04 Å². The number of benzene rings is 1. The number of nitrogens with one attached hydrogen (secondary N) is 2. The van der Waals surface area contributed by atoms with E-state index in [2.05, 4.69) is 20.9 Å². The maximum absolute atomic E-state index is 12.5. The Bertz CT molecular complexity index is 984. The van der Waals surface area contributed by atoms with E-state index in [0.29, 0.717) is 10.6 Å². The number of carbonyl (C=O) groups is 2. The normalized spacial score (nSPS) is 11.6. The van der Waals surface area contributed by atoms with Crippen molar-refractivity contribution in [2.75, 3.05) is 20.8 Å². The summed E-state index contributed by atoms with van der Waals surface area (Å²) in [7, 11) is 2.81. The van der Waals surface area contributed by atoms with Gasteiger partial charge in [0.2, 0.25) is 11.5 Å². The van der Waals surface area contributed by atoms with Gasteiger partial charge in [0.1, 0.15) is 0 Å². The van der Waals surface area contributed by atoms with Crippen LogP contribution in [0.3, 0.4) is 0 Å². The van der Waals surface area contributed by atoms with E-state index in [1.165, 1.54) is 26.4 Å². The Morgan fingerprint density at radius 1 is 1.00 bits per heavy atom. The molecule has 0 fully saturated rings. The minimum Gasteiger partial charge on any atom is -0.479 e. The number of rotatable bonds is 8. The van der Waals surface area contributed by atoms with Crippen LogP contribution in [0.25, 0.3) is 0 Å². The van der Waals surface area contributed by atoms with Crippen molar-refractivity contribution >= 4 is 23.4 Å². The highest BCUT2D eigenvalue weighted by Crippen LogP contribution is 2.18. The molecule has 3 aromatic rings. The Kier molecular flexibility index (Phi) is 6.35. The first-order valence-corrected chi connectivity index (χ1v) is 8.74. The third-order valence-corrected chi connectivity index (χ3v) is 4.14. The Morgan fingerprint density at radius 2 is 1.55 bits per heavy atom. The van der Waals surface area contributed by atoms with Gasteiger partial charge >= 0.3 is 0 Å². The van der Waals surface area contributed by atoms with Gasteiger partial charge in [0.25, 0.3) is 23.6 Å². The van der Waals surface area contributed by atoms with Crippen LogP contribution in [-0.2, 0) is 0 Å². The van der Waals surface area contributed by atoms with Crippen molar-refractivity contribution in [3.8, 4) is 11.8 Å². The Hall–Kier alpha value is -3.53. The van der Waals surface area contributed by atoms with Crippen LogP contribution in [0.5, 0.6) is 11.8 Å². The van der Waals surface area contributed by atoms with Crippen molar-refractivity contribution in [1.29, 1.82) is 0 Å². The van der Waals surface area contributed by atoms with E-state index in [-0.39, 0.29) is 29.8 Å². The lowest BCUT2D eigenvalue weighted by Crippen LogP contribution is -2.37. The minimum atomic E-state index is -0.593. The van der Waals surface area contributed by atoms with Crippen molar-refractivity contribution in [3.63, 3.8) is 0 Å². The second kappa shape index (κ2) is 9.11. The summed E-state index contributed by atoms with van der Waals surface area (Å²) < 4.78 is 19.6. The predicted molar refractivity (Wildman–Crippen MR) is 100 cm³/mol. The number of aromatic nitrogens is 2. The second-order valence-electron chi connectivity index (χ2n) is 5.75. The molecule has 0 saturated carbocycles. The third kappa shape index (κ3) is 5.05. The number of carbonyl (C=O) groups excluding carboxylic acids is 2. The Labute approximate surface area is 170 Å². The van der Waals surface area contributed by atoms with Gasteiger partial charge in [0.05, 0.1) is 32.4 Å². The largest absolute Gasteiger partial charge is 0.479 e. The fourth-order valence-electron chi connectivity index (χ4n) is 2.38. The van der Waals surface area contributed by atoms with Crippen LogP contribution in [0.4, 0.5) is 0 Å². The zero-order valence-corrected chi connectivity index (χ0v) is 16.2. The molecule has 2 N–H and O–H groups in total. The van der Waals surface area contributed by atoms with Gasteiger partial charge in [-0.15, -0.1) is 0 Å². The summed E-state index contributed by atoms with van der Waals surface area (Å²) >= 11 is 5.93. The van der Waals surface area contributed by atoms with E-state index in [1.807, 2.05) is 0 Å². The van der Waals surface area contributed by atoms with E-state index in [9.17, 15) is 9.59 Å². The maximum atomic E-state index is 12.5. The molecule has 0 saturated heterocycles. The number of hydrogen-bond donors (Lipinski definition) is 2. The number of halogens is 1. The summed E-state index contributed by atoms with van der Waals surface area (Å²) in [6.45, 7) is 0.0560. The molecule has 11 heteroatoms. The summed E-state index contributed by atoms with van der Waals surface area (Å²) in [6.07, 6.45) is 0. The molecule has 0 radical (unpaired) electrons. The molecule has 0 aliphatic rings. The maximum Gasteiger partial charge on any atom is 0.290 e. The van der Waals surface area contributed by atoms with Crippen LogP contribution in [0.2, 0.25) is 5.02 Å². The van der Waals surface area contributed by atoms with Gasteiger partial charge in [0.15, 0.2) is 0 Å². The number of nitrogens with zero attached hydrogens (tertiary/aromatic N) is 2. The van der Waals surface area contributed by atoms with Gasteiger partial charge in [0, 0.05) is 11.6 Å². The highest BCUT2D eigenvalue weighted by Gasteiger charge is 2.21. The standard InChI is InChI=1S/C18H17ClN4O6/c1-26-15-7-13(28-22-15)17(24)20-9-12(10-3-5-11(19)6-4-10)21-18(25)14-8-16(27-2)23-29-14/h3-8,12H,9H2,1-2H3,(H,20,24)(H,21,25). The molecule has 1 unspecified atom stereocenters. The minimum absolute atomic E-state index is 0.0250. The molecule has 0 aliphatic heterocycles. The number of hydrogen-bond acceptors (Lipinski definition) is 8. The van der Waals surface area contributed by atoms with Crippen LogP contribution < -0.4 is 20.1 Å². The first-order chi connectivity index (χ1) is 14.0. The van der Waals surface area contributed by atoms with Gasteiger partial charge in [-0.25, -0.2) is 0 Å². The average Bonchev–Trinajstić information content (AvgIpc) is 3.41. The fourth-order valence-corrected chi connectivity index (χ4v) is 2.51. The number of amides is 2. The lowest BCUT2D eigenvalue weighted by molar-refractivity contribution is 0.0871. The molecule has 29 heavy (non-hydrogen) atoms. The van der Waals surface area contributed by atoms with Crippen molar-refractivity contribution in [2.24, 2.45) is 0 Å². The molecule has 2 aromatic heterocycles. The van der Waals surface area contributed by atoms with Crippen molar-refractivity contribution in [3.05, 3.63) is 58.5 Å². The average molecular weight is 421 g/mol. The monoisotopic (exact) mass is 420 g/mol. The third-order valence-electron chi connectivity index (χ3n) is 3.89. The van der Waals surface area contributed by atoms with Gasteiger partial charge in [-0.1, -0.05) is 23.7 Å². The van der Waals surface area contributed by atoms with Crippen molar-refractivity contribution < 1.29 is 28.1 Å². The van der Waals surface area contributed by atoms with Crippen LogP contribution in [-0.4, -0.2) is 42.9 Å². The first kappa shape index (κ1) is 20.2. The molecule has 10 nitrogen and oxygen atoms in total. The molecule has 3 rings (SSSR count). The quantitative estimate of drug-likeness (QED) is 0.567. The molecule has 0 spiro atoms. The summed E-state index contributed by atoms with van der Waals surface area (Å²) in [4.78, 5) is 24.8. The summed E-state index contributed by atoms with van der Waals surface area (Å²) in [5, 5.41) is 13.2. The SMILES string of the molecule is COc1cc(C(=O)NCC(NC(=O)c2cc(OC)no2)c2ccc(Cl)cc2)on1. The lowest BCUT2D eigenvalue weighted by Gasteiger charge is -2.19. The molecule has 2 amide bonds. The van der Waals surface area contributed by atoms with E-state index < -0.39 is 17.9 Å². The zero-order valence-electron chi connectivity index (χ0n) is 15.5. The second-order valence-corrected chi connectivity index (χ2v) is 6.19. The van der Waals surface area contributed by atoms with E-state index in [1.54, 1.807) is 24.3 Å². The topological polar surface area (TPSA) is 129 Å². The van der Waals surface area contributed by atoms with Gasteiger partial charge in [-0.3, -0.25) is 9.59 Å². The van der Waals surface area contributed by atoms with Crippen LogP contribution in [0.1, 0.15) is 32.7 Å². The van der Waals surface area contributed by atoms with Gasteiger partial charge in [-0.05, 0) is 28.0 Å². The van der Waals surface area contributed by atoms with Crippen LogP contribution in [0, 0.1) is 0 Å². The molecule has 0 bridgehead atoms. The molecule has 152 valence electrons. The van der Waals surface area contributed by atoms with E-state index in [0.717, 1.165) is 0 Å². The van der Waals surface area contributed by atoms with Gasteiger partial charge < -0.3 is 29.2 Å². The molecule has 1 atom stereocenters. The molecule has 2 heterocycles. The zero-order chi connectivity index (χ0) is 20.8. The summed E-state index contributed by atoms with van der Waals surface area (Å²) in [5.74, 6) is -0.760. The highest BCUT2D eigenvalue weighted by atomic mass is 35.5. The van der Waals surface area contributed by atoms with E-state index >= 15 is 0 Å². The molecule has 0 aliphatic carbocycles. The predicted octanol–water partition coefficient (Wildman–Crippen LogP) is 2.23. The van der Waals surface area contributed by atoms with Crippen LogP contribution >= 0.6 is 11.6 Å². The van der Waals surface area contributed by atoms with E-state index in [4.69, 9.17) is 30.1 Å². The summed E-state index contributed by atoms with van der Waals surface area (Å²) in [5.41, 5.74) is 0.713. The molecule has 1 aromatic carbocycles. The number of ether oxygens (including phenoxy) is 2. The molecular formula is C18H17ClN4O6. The Balaban J connectivity index is 1.73. The van der Waals surface area contributed by atoms with Gasteiger partial charge in [-0.2, -0.15) is 0 Å². The highest BCUT2D eigenvalue weighted by molar-refractivity contribution is 6.30. The Morgan fingerprint density at radius 3 is 2.07 bits per heavy atom. The first-order valence-electron chi connectivity index (χ1n) is 8.36. The lowest BCUT2D eigenvalue weighted by atomic mass is 10.1. The number of methoxy groups -OCH3 is 2. The molecular weight excluding hydrogens is 404 g/mol. The smallest absolute Gasteiger partial charge is 0.290 e. The fraction of sp³-hybridized carbons (Fsp3) is 0.222.